The molecule has 0 saturated heterocycles. The highest BCUT2D eigenvalue weighted by atomic mass is 16.5. The summed E-state index contributed by atoms with van der Waals surface area (Å²) in [6.45, 7) is 5.87. The van der Waals surface area contributed by atoms with Gasteiger partial charge in [0.1, 0.15) is 11.9 Å². The van der Waals surface area contributed by atoms with Crippen LogP contribution in [0.25, 0.3) is 12.2 Å². The molecule has 39 heavy (non-hydrogen) atoms. The van der Waals surface area contributed by atoms with Crippen molar-refractivity contribution in [3.63, 3.8) is 0 Å². The number of carbonyl (C=O) groups is 1. The van der Waals surface area contributed by atoms with Crippen LogP contribution < -0.4 is 4.74 Å². The second-order valence-electron chi connectivity index (χ2n) is 9.23. The molecule has 0 heterocycles. The summed E-state index contributed by atoms with van der Waals surface area (Å²) in [5.41, 5.74) is 6.19. The Balaban J connectivity index is 0.000000395. The largest absolute Gasteiger partial charge is 0.485 e. The van der Waals surface area contributed by atoms with Crippen molar-refractivity contribution in [3.05, 3.63) is 149 Å². The molecule has 0 aliphatic heterocycles. The molecule has 2 atom stereocenters. The van der Waals surface area contributed by atoms with E-state index < -0.39 is 5.97 Å². The van der Waals surface area contributed by atoms with Gasteiger partial charge in [0.25, 0.3) is 0 Å². The van der Waals surface area contributed by atoms with Gasteiger partial charge in [-0.2, -0.15) is 0 Å². The van der Waals surface area contributed by atoms with Crippen molar-refractivity contribution in [1.82, 2.24) is 0 Å². The van der Waals surface area contributed by atoms with Gasteiger partial charge in [0.2, 0.25) is 0 Å². The topological polar surface area (TPSA) is 66.8 Å². The number of benzene rings is 4. The van der Waals surface area contributed by atoms with Crippen LogP contribution >= 0.6 is 0 Å². The number of allylic oxidation sites excluding steroid dienone is 1. The number of aliphatic carboxylic acids is 1. The number of hydrogen-bond donors (Lipinski definition) is 2. The second kappa shape index (κ2) is 15.1. The fraction of sp³-hybridized carbons (Fsp3) is 0.171. The SMILES string of the molecule is CC(O)c1ccccc1.Cc1cccc(C=CCc2ccccc2C=CC(=O)O)c1OC(C)c1ccccc1. The summed E-state index contributed by atoms with van der Waals surface area (Å²) >= 11 is 0. The predicted molar refractivity (Wildman–Crippen MR) is 160 cm³/mol. The third-order valence-electron chi connectivity index (χ3n) is 6.18. The third kappa shape index (κ3) is 9.44. The maximum Gasteiger partial charge on any atom is 0.328 e. The van der Waals surface area contributed by atoms with Gasteiger partial charge in [0.15, 0.2) is 0 Å². The van der Waals surface area contributed by atoms with Gasteiger partial charge < -0.3 is 14.9 Å². The van der Waals surface area contributed by atoms with Crippen molar-refractivity contribution >= 4 is 18.1 Å². The van der Waals surface area contributed by atoms with Crippen molar-refractivity contribution in [3.8, 4) is 5.75 Å². The molecular formula is C35H36O4. The van der Waals surface area contributed by atoms with E-state index in [1.807, 2.05) is 84.9 Å². The average molecular weight is 521 g/mol. The maximum absolute atomic E-state index is 10.8. The van der Waals surface area contributed by atoms with Gasteiger partial charge in [0, 0.05) is 11.6 Å². The highest BCUT2D eigenvalue weighted by Crippen LogP contribution is 2.30. The fourth-order valence-electron chi connectivity index (χ4n) is 4.02. The first kappa shape index (κ1) is 29.2. The number of carboxylic acid groups (broad SMARTS) is 1. The molecule has 2 unspecified atom stereocenters. The summed E-state index contributed by atoms with van der Waals surface area (Å²) < 4.78 is 6.33. The number of carboxylic acids is 1. The van der Waals surface area contributed by atoms with Crippen LogP contribution in [-0.4, -0.2) is 16.2 Å². The summed E-state index contributed by atoms with van der Waals surface area (Å²) in [6.07, 6.45) is 7.25. The van der Waals surface area contributed by atoms with Crippen molar-refractivity contribution in [2.24, 2.45) is 0 Å². The number of ether oxygens (including phenoxy) is 1. The lowest BCUT2D eigenvalue weighted by Crippen LogP contribution is -2.05. The summed E-state index contributed by atoms with van der Waals surface area (Å²) in [5, 5.41) is 17.9. The van der Waals surface area contributed by atoms with Crippen LogP contribution in [0.2, 0.25) is 0 Å². The number of rotatable bonds is 9. The minimum atomic E-state index is -0.950. The van der Waals surface area contributed by atoms with Crippen LogP contribution in [0, 0.1) is 6.92 Å². The van der Waals surface area contributed by atoms with E-state index in [1.165, 1.54) is 6.08 Å². The Morgan fingerprint density at radius 2 is 1.36 bits per heavy atom. The first-order chi connectivity index (χ1) is 18.8. The van der Waals surface area contributed by atoms with E-state index in [2.05, 4.69) is 44.2 Å². The molecular weight excluding hydrogens is 484 g/mol. The normalized spacial score (nSPS) is 12.5. The molecule has 4 aromatic rings. The monoisotopic (exact) mass is 520 g/mol. The molecule has 0 saturated carbocycles. The third-order valence-corrected chi connectivity index (χ3v) is 6.18. The lowest BCUT2D eigenvalue weighted by atomic mass is 10.0. The Kier molecular flexibility index (Phi) is 11.3. The summed E-state index contributed by atoms with van der Waals surface area (Å²) in [7, 11) is 0. The Morgan fingerprint density at radius 1 is 0.769 bits per heavy atom. The van der Waals surface area contributed by atoms with Gasteiger partial charge in [0.05, 0.1) is 6.10 Å². The lowest BCUT2D eigenvalue weighted by molar-refractivity contribution is -0.131. The molecule has 0 amide bonds. The molecule has 2 N–H and O–H groups in total. The molecule has 0 bridgehead atoms. The number of aliphatic hydroxyl groups is 1. The fourth-order valence-corrected chi connectivity index (χ4v) is 4.02. The Morgan fingerprint density at radius 3 is 1.97 bits per heavy atom. The van der Waals surface area contributed by atoms with Crippen molar-refractivity contribution in [2.75, 3.05) is 0 Å². The van der Waals surface area contributed by atoms with E-state index in [0.717, 1.165) is 39.1 Å². The second-order valence-corrected chi connectivity index (χ2v) is 9.23. The summed E-state index contributed by atoms with van der Waals surface area (Å²) in [5.74, 6) is -0.0707. The minimum absolute atomic E-state index is 0.0543. The zero-order valence-electron chi connectivity index (χ0n) is 22.7. The average Bonchev–Trinajstić information content (AvgIpc) is 2.95. The molecule has 0 aliphatic rings. The molecule has 0 fully saturated rings. The molecule has 4 aromatic carbocycles. The van der Waals surface area contributed by atoms with E-state index in [9.17, 15) is 4.79 Å². The quantitative estimate of drug-likeness (QED) is 0.218. The van der Waals surface area contributed by atoms with Crippen molar-refractivity contribution < 1.29 is 19.7 Å². The zero-order valence-corrected chi connectivity index (χ0v) is 22.7. The van der Waals surface area contributed by atoms with Crippen molar-refractivity contribution in [2.45, 2.75) is 39.4 Å². The highest BCUT2D eigenvalue weighted by molar-refractivity contribution is 5.85. The lowest BCUT2D eigenvalue weighted by Gasteiger charge is -2.18. The Bertz CT molecular complexity index is 1370. The predicted octanol–water partition coefficient (Wildman–Crippen LogP) is 8.23. The van der Waals surface area contributed by atoms with Gasteiger partial charge in [-0.3, -0.25) is 0 Å². The van der Waals surface area contributed by atoms with Crippen LogP contribution in [0.5, 0.6) is 5.75 Å². The van der Waals surface area contributed by atoms with Crippen LogP contribution in [0.4, 0.5) is 0 Å². The standard InChI is InChI=1S/C27H26O3.C8H10O/c1-20-10-8-16-25(27(20)30-21(2)22-11-4-3-5-12-22)17-9-15-23-13-6-7-14-24(23)18-19-26(28)29;1-7(9)8-5-3-2-4-6-8/h3-14,16-19,21H,15H2,1-2H3,(H,28,29);2-7,9H,1H3. The highest BCUT2D eigenvalue weighted by Gasteiger charge is 2.11. The van der Waals surface area contributed by atoms with E-state index in [1.54, 1.807) is 13.0 Å². The van der Waals surface area contributed by atoms with Crippen molar-refractivity contribution in [1.29, 1.82) is 0 Å². The molecule has 4 rings (SSSR count). The minimum Gasteiger partial charge on any atom is -0.485 e. The van der Waals surface area contributed by atoms with Gasteiger partial charge in [-0.15, -0.1) is 0 Å². The summed E-state index contributed by atoms with van der Waals surface area (Å²) in [4.78, 5) is 10.8. The van der Waals surface area contributed by atoms with Gasteiger partial charge >= 0.3 is 5.97 Å². The number of aliphatic hydroxyl groups excluding tert-OH is 1. The first-order valence-corrected chi connectivity index (χ1v) is 13.0. The van der Waals surface area contributed by atoms with Crippen LogP contribution in [0.15, 0.2) is 115 Å². The van der Waals surface area contributed by atoms with E-state index >= 15 is 0 Å². The van der Waals surface area contributed by atoms with Gasteiger partial charge in [-0.25, -0.2) is 4.79 Å². The molecule has 0 aliphatic carbocycles. The van der Waals surface area contributed by atoms with E-state index in [0.29, 0.717) is 6.42 Å². The first-order valence-electron chi connectivity index (χ1n) is 13.0. The molecule has 0 aromatic heterocycles. The Hall–Kier alpha value is -4.41. The van der Waals surface area contributed by atoms with Gasteiger partial charge in [-0.05, 0) is 61.1 Å². The smallest absolute Gasteiger partial charge is 0.328 e. The Labute approximate surface area is 231 Å². The van der Waals surface area contributed by atoms with Crippen LogP contribution in [-0.2, 0) is 11.2 Å². The molecule has 0 spiro atoms. The van der Waals surface area contributed by atoms with E-state index in [4.69, 9.17) is 14.9 Å². The van der Waals surface area contributed by atoms with Gasteiger partial charge in [-0.1, -0.05) is 115 Å². The maximum atomic E-state index is 10.8. The van der Waals surface area contributed by atoms with Crippen LogP contribution in [0.3, 0.4) is 0 Å². The summed E-state index contributed by atoms with van der Waals surface area (Å²) in [6, 6.07) is 33.7. The molecule has 4 heteroatoms. The number of hydrogen-bond acceptors (Lipinski definition) is 3. The molecule has 200 valence electrons. The zero-order chi connectivity index (χ0) is 28.0. The van der Waals surface area contributed by atoms with Crippen LogP contribution in [0.1, 0.15) is 59.4 Å². The molecule has 4 nitrogen and oxygen atoms in total. The molecule has 0 radical (unpaired) electrons. The number of para-hydroxylation sites is 1. The van der Waals surface area contributed by atoms with E-state index in [-0.39, 0.29) is 12.2 Å². The number of aryl methyl sites for hydroxylation is 1.